The van der Waals surface area contributed by atoms with Crippen LogP contribution >= 0.6 is 0 Å². The summed E-state index contributed by atoms with van der Waals surface area (Å²) in [5, 5.41) is 10.8. The Morgan fingerprint density at radius 2 is 1.61 bits per heavy atom. The van der Waals surface area contributed by atoms with E-state index in [1.807, 2.05) is 5.57 Å². The zero-order valence-corrected chi connectivity index (χ0v) is 29.0. The highest BCUT2D eigenvalue weighted by Gasteiger charge is 2.67. The standard InChI is InChI=1S/C40H60O4/c1-22(2)24-17-28-33-26(20-32-38(6,30(33)18-24)14-10-16-40(32,8)44-21-41)27-19-31-37(5,13-9-15-39(31,7)36(42)43)29-12-11-25(23(3)4)34(28)35(27)29/h19,21-26,28-33H,9-18,20H2,1-8H3,(H,42,43). The quantitative estimate of drug-likeness (QED) is 0.318. The van der Waals surface area contributed by atoms with Gasteiger partial charge in [-0.25, -0.2) is 0 Å². The van der Waals surface area contributed by atoms with Gasteiger partial charge in [0.15, 0.2) is 0 Å². The molecule has 4 heteroatoms. The minimum Gasteiger partial charge on any atom is -0.481 e. The fourth-order valence-corrected chi connectivity index (χ4v) is 14.0. The Hall–Kier alpha value is -1.58. The normalized spacial score (nSPS) is 51.0. The van der Waals surface area contributed by atoms with Gasteiger partial charge in [0.05, 0.1) is 5.41 Å². The lowest BCUT2D eigenvalue weighted by molar-refractivity contribution is -0.200. The van der Waals surface area contributed by atoms with Gasteiger partial charge in [-0.15, -0.1) is 0 Å². The average molecular weight is 605 g/mol. The number of ether oxygens (including phenoxy) is 1. The predicted molar refractivity (Wildman–Crippen MR) is 174 cm³/mol. The fourth-order valence-electron chi connectivity index (χ4n) is 14.0. The molecule has 13 unspecified atom stereocenters. The second-order valence-corrected chi connectivity index (χ2v) is 18.6. The molecule has 1 N–H and O–H groups in total. The number of allylic oxidation sites excluding steroid dienone is 4. The molecule has 244 valence electrons. The Bertz CT molecular complexity index is 1280. The first-order valence-electron chi connectivity index (χ1n) is 18.5. The molecule has 0 aromatic carbocycles. The summed E-state index contributed by atoms with van der Waals surface area (Å²) >= 11 is 0. The SMILES string of the molecule is CC(C)C1CC2C3=C4C(=CC5C(C)(C(=O)O)CCCC5(C)C4CCC3C(C)C)C3CC4C(C)(OC=O)CCCC4(C)C(C1)C32. The van der Waals surface area contributed by atoms with E-state index in [0.717, 1.165) is 50.9 Å². The van der Waals surface area contributed by atoms with Gasteiger partial charge in [0.2, 0.25) is 0 Å². The van der Waals surface area contributed by atoms with Crippen LogP contribution < -0.4 is 0 Å². The van der Waals surface area contributed by atoms with E-state index in [1.54, 1.807) is 11.1 Å². The number of carboxylic acid groups (broad SMARTS) is 1. The first kappa shape index (κ1) is 31.0. The van der Waals surface area contributed by atoms with Crippen molar-refractivity contribution in [3.8, 4) is 0 Å². The Morgan fingerprint density at radius 3 is 2.27 bits per heavy atom. The number of hydrogen-bond acceptors (Lipinski definition) is 3. The molecule has 0 aromatic rings. The maximum atomic E-state index is 13.1. The molecule has 4 saturated carbocycles. The number of carbonyl (C=O) groups excluding carboxylic acids is 1. The maximum Gasteiger partial charge on any atom is 0.309 e. The topological polar surface area (TPSA) is 63.6 Å². The molecule has 44 heavy (non-hydrogen) atoms. The zero-order valence-electron chi connectivity index (χ0n) is 29.0. The Balaban J connectivity index is 1.49. The lowest BCUT2D eigenvalue weighted by atomic mass is 9.36. The van der Waals surface area contributed by atoms with Gasteiger partial charge in [0.25, 0.3) is 6.47 Å². The number of hydrogen-bond donors (Lipinski definition) is 1. The summed E-state index contributed by atoms with van der Waals surface area (Å²) in [6.45, 7) is 20.0. The summed E-state index contributed by atoms with van der Waals surface area (Å²) in [7, 11) is 0. The summed E-state index contributed by atoms with van der Waals surface area (Å²) in [6, 6.07) is 0. The van der Waals surface area contributed by atoms with Crippen molar-refractivity contribution in [2.45, 2.75) is 132 Å². The molecule has 0 spiro atoms. The van der Waals surface area contributed by atoms with Crippen LogP contribution in [0.2, 0.25) is 0 Å². The van der Waals surface area contributed by atoms with E-state index >= 15 is 0 Å². The Labute approximate surface area is 267 Å². The number of fused-ring (bicyclic) bond motifs is 6. The molecule has 4 nitrogen and oxygen atoms in total. The molecule has 0 radical (unpaired) electrons. The maximum absolute atomic E-state index is 13.1. The number of carboxylic acids is 1. The minimum atomic E-state index is -0.713. The van der Waals surface area contributed by atoms with Crippen LogP contribution in [0.4, 0.5) is 0 Å². The second-order valence-electron chi connectivity index (χ2n) is 18.6. The summed E-state index contributed by atoms with van der Waals surface area (Å²) < 4.78 is 6.13. The smallest absolute Gasteiger partial charge is 0.309 e. The predicted octanol–water partition coefficient (Wildman–Crippen LogP) is 9.49. The van der Waals surface area contributed by atoms with Crippen molar-refractivity contribution in [1.82, 2.24) is 0 Å². The van der Waals surface area contributed by atoms with Gasteiger partial charge >= 0.3 is 5.97 Å². The highest BCUT2D eigenvalue weighted by atomic mass is 16.5. The average Bonchev–Trinajstić information content (AvgIpc) is 2.96. The summed E-state index contributed by atoms with van der Waals surface area (Å²) in [6.07, 6.45) is 15.0. The van der Waals surface area contributed by atoms with Crippen LogP contribution in [0.3, 0.4) is 0 Å². The number of rotatable bonds is 5. The first-order chi connectivity index (χ1) is 20.7. The lowest BCUT2D eigenvalue weighted by Gasteiger charge is -2.69. The van der Waals surface area contributed by atoms with Crippen LogP contribution in [0.25, 0.3) is 0 Å². The van der Waals surface area contributed by atoms with Crippen molar-refractivity contribution in [3.63, 3.8) is 0 Å². The molecule has 0 saturated heterocycles. The molecule has 0 aliphatic heterocycles. The van der Waals surface area contributed by atoms with Crippen molar-refractivity contribution in [2.24, 2.45) is 81.3 Å². The van der Waals surface area contributed by atoms with E-state index in [1.165, 1.54) is 32.1 Å². The third-order valence-corrected chi connectivity index (χ3v) is 16.2. The van der Waals surface area contributed by atoms with Gasteiger partial charge in [0.1, 0.15) is 5.60 Å². The molecule has 7 aliphatic carbocycles. The van der Waals surface area contributed by atoms with Gasteiger partial charge in [-0.2, -0.15) is 0 Å². The summed E-state index contributed by atoms with van der Waals surface area (Å²) in [5.41, 5.74) is 4.15. The van der Waals surface area contributed by atoms with Crippen LogP contribution in [0, 0.1) is 81.3 Å². The largest absolute Gasteiger partial charge is 0.481 e. The van der Waals surface area contributed by atoms with E-state index < -0.39 is 17.0 Å². The Kier molecular flexibility index (Phi) is 7.20. The fraction of sp³-hybridized carbons (Fsp3) is 0.850. The van der Waals surface area contributed by atoms with Crippen LogP contribution in [0.15, 0.2) is 22.8 Å². The van der Waals surface area contributed by atoms with E-state index in [2.05, 4.69) is 61.5 Å². The van der Waals surface area contributed by atoms with E-state index in [-0.39, 0.29) is 16.7 Å². The molecule has 7 aliphatic rings. The highest BCUT2D eigenvalue weighted by Crippen LogP contribution is 2.74. The van der Waals surface area contributed by atoms with Gasteiger partial charge in [-0.3, -0.25) is 9.59 Å². The second kappa shape index (κ2) is 10.2. The van der Waals surface area contributed by atoms with Crippen molar-refractivity contribution >= 4 is 12.4 Å². The number of carbonyl (C=O) groups is 2. The molecule has 13 atom stereocenters. The van der Waals surface area contributed by atoms with Crippen LogP contribution in [0.5, 0.6) is 0 Å². The molecule has 0 heterocycles. The van der Waals surface area contributed by atoms with Gasteiger partial charge in [-0.1, -0.05) is 59.6 Å². The summed E-state index contributed by atoms with van der Waals surface area (Å²) in [4.78, 5) is 25.1. The molecule has 0 bridgehead atoms. The van der Waals surface area contributed by atoms with Gasteiger partial charge < -0.3 is 9.84 Å². The summed E-state index contributed by atoms with van der Waals surface area (Å²) in [5.74, 6) is 5.24. The molecule has 7 rings (SSSR count). The number of aliphatic carboxylic acids is 1. The van der Waals surface area contributed by atoms with Crippen molar-refractivity contribution in [3.05, 3.63) is 22.8 Å². The lowest BCUT2D eigenvalue weighted by Crippen LogP contribution is -2.63. The highest BCUT2D eigenvalue weighted by molar-refractivity contribution is 5.76. The van der Waals surface area contributed by atoms with E-state index in [0.29, 0.717) is 53.3 Å². The third kappa shape index (κ3) is 3.99. The van der Waals surface area contributed by atoms with E-state index in [9.17, 15) is 14.7 Å². The molecule has 4 fully saturated rings. The van der Waals surface area contributed by atoms with Gasteiger partial charge in [0, 0.05) is 5.92 Å². The van der Waals surface area contributed by atoms with Crippen LogP contribution in [-0.4, -0.2) is 23.1 Å². The van der Waals surface area contributed by atoms with Crippen LogP contribution in [0.1, 0.15) is 126 Å². The monoisotopic (exact) mass is 604 g/mol. The third-order valence-electron chi connectivity index (χ3n) is 16.2. The van der Waals surface area contributed by atoms with Crippen molar-refractivity contribution in [1.29, 1.82) is 0 Å². The van der Waals surface area contributed by atoms with Crippen molar-refractivity contribution < 1.29 is 19.4 Å². The molecule has 0 amide bonds. The molecular weight excluding hydrogens is 544 g/mol. The van der Waals surface area contributed by atoms with Crippen molar-refractivity contribution in [2.75, 3.05) is 0 Å². The Morgan fingerprint density at radius 1 is 0.909 bits per heavy atom. The molecule has 0 aromatic heterocycles. The van der Waals surface area contributed by atoms with Crippen LogP contribution in [-0.2, 0) is 14.3 Å². The zero-order chi connectivity index (χ0) is 31.6. The molecular formula is C40H60O4. The van der Waals surface area contributed by atoms with E-state index in [4.69, 9.17) is 4.74 Å². The van der Waals surface area contributed by atoms with Gasteiger partial charge in [-0.05, 0) is 159 Å². The minimum absolute atomic E-state index is 0.00105. The first-order valence-corrected chi connectivity index (χ1v) is 18.5.